The van der Waals surface area contributed by atoms with Crippen molar-refractivity contribution in [3.63, 3.8) is 0 Å². The molecule has 114 valence electrons. The molecule has 0 unspecified atom stereocenters. The number of benzene rings is 2. The van der Waals surface area contributed by atoms with Crippen molar-refractivity contribution in [2.75, 3.05) is 4.90 Å². The van der Waals surface area contributed by atoms with Crippen LogP contribution in [0.3, 0.4) is 0 Å². The molecule has 0 atom stereocenters. The molecule has 23 heavy (non-hydrogen) atoms. The predicted molar refractivity (Wildman–Crippen MR) is 93.2 cm³/mol. The van der Waals surface area contributed by atoms with Crippen LogP contribution in [0.2, 0.25) is 0 Å². The Kier molecular flexibility index (Phi) is 3.08. The molecule has 3 nitrogen and oxygen atoms in total. The number of hydrogen-bond donors (Lipinski definition) is 0. The summed E-state index contributed by atoms with van der Waals surface area (Å²) in [5.74, 6) is 2.47. The Balaban J connectivity index is 2.02. The van der Waals surface area contributed by atoms with Gasteiger partial charge in [-0.05, 0) is 56.2 Å². The van der Waals surface area contributed by atoms with Gasteiger partial charge in [-0.15, -0.1) is 0 Å². The third-order valence-electron chi connectivity index (χ3n) is 4.15. The first kappa shape index (κ1) is 13.8. The second-order valence-electron chi connectivity index (χ2n) is 5.98. The lowest BCUT2D eigenvalue weighted by molar-refractivity contribution is 0.474. The highest BCUT2D eigenvalue weighted by molar-refractivity contribution is 5.86. The molecule has 1 aliphatic heterocycles. The van der Waals surface area contributed by atoms with Gasteiger partial charge >= 0.3 is 0 Å². The molecule has 0 saturated heterocycles. The van der Waals surface area contributed by atoms with Gasteiger partial charge in [0.05, 0.1) is 11.4 Å². The number of pyridine rings is 1. The van der Waals surface area contributed by atoms with E-state index < -0.39 is 0 Å². The molecule has 0 radical (unpaired) electrons. The van der Waals surface area contributed by atoms with E-state index in [4.69, 9.17) is 4.74 Å². The maximum absolute atomic E-state index is 6.03. The van der Waals surface area contributed by atoms with Gasteiger partial charge in [-0.2, -0.15) is 0 Å². The monoisotopic (exact) mass is 302 g/mol. The fraction of sp³-hybridized carbons (Fsp3) is 0.150. The predicted octanol–water partition coefficient (Wildman–Crippen LogP) is 5.58. The largest absolute Gasteiger partial charge is 0.451 e. The second kappa shape index (κ2) is 5.13. The van der Waals surface area contributed by atoms with Gasteiger partial charge < -0.3 is 4.74 Å². The highest BCUT2D eigenvalue weighted by Gasteiger charge is 2.28. The number of para-hydroxylation sites is 2. The molecule has 3 heteroatoms. The highest BCUT2D eigenvalue weighted by Crippen LogP contribution is 2.50. The summed E-state index contributed by atoms with van der Waals surface area (Å²) in [6.07, 6.45) is 1.81. The zero-order valence-electron chi connectivity index (χ0n) is 13.5. The van der Waals surface area contributed by atoms with Crippen molar-refractivity contribution < 1.29 is 4.74 Å². The minimum absolute atomic E-state index is 0.783. The van der Waals surface area contributed by atoms with Crippen LogP contribution < -0.4 is 9.64 Å². The van der Waals surface area contributed by atoms with Crippen molar-refractivity contribution in [2.45, 2.75) is 20.8 Å². The van der Waals surface area contributed by atoms with Gasteiger partial charge in [0.25, 0.3) is 0 Å². The maximum atomic E-state index is 6.03. The van der Waals surface area contributed by atoms with Crippen LogP contribution >= 0.6 is 0 Å². The van der Waals surface area contributed by atoms with E-state index in [1.165, 1.54) is 22.4 Å². The minimum atomic E-state index is 0.783. The summed E-state index contributed by atoms with van der Waals surface area (Å²) in [6.45, 7) is 6.43. The molecule has 0 saturated carbocycles. The topological polar surface area (TPSA) is 25.4 Å². The smallest absolute Gasteiger partial charge is 0.181 e. The summed E-state index contributed by atoms with van der Waals surface area (Å²) in [4.78, 5) is 6.79. The fourth-order valence-corrected chi connectivity index (χ4v) is 3.34. The number of rotatable bonds is 1. The van der Waals surface area contributed by atoms with Crippen molar-refractivity contribution in [2.24, 2.45) is 0 Å². The van der Waals surface area contributed by atoms with E-state index >= 15 is 0 Å². The average Bonchev–Trinajstić information content (AvgIpc) is 2.53. The lowest BCUT2D eigenvalue weighted by Crippen LogP contribution is -2.19. The highest BCUT2D eigenvalue weighted by atomic mass is 16.5. The van der Waals surface area contributed by atoms with Crippen molar-refractivity contribution in [1.29, 1.82) is 0 Å². The van der Waals surface area contributed by atoms with Crippen molar-refractivity contribution in [3.8, 4) is 11.5 Å². The van der Waals surface area contributed by atoms with Gasteiger partial charge in [0, 0.05) is 6.20 Å². The van der Waals surface area contributed by atoms with E-state index in [-0.39, 0.29) is 0 Å². The SMILES string of the molecule is Cc1cc(C)c(N2c3ccccc3Oc3cccnc32)c(C)c1. The van der Waals surface area contributed by atoms with Crippen molar-refractivity contribution in [1.82, 2.24) is 4.98 Å². The lowest BCUT2D eigenvalue weighted by Gasteiger charge is -2.33. The third kappa shape index (κ3) is 2.16. The molecule has 0 N–H and O–H groups in total. The second-order valence-corrected chi connectivity index (χ2v) is 5.98. The van der Waals surface area contributed by atoms with E-state index in [1.807, 2.05) is 36.5 Å². The fourth-order valence-electron chi connectivity index (χ4n) is 3.34. The van der Waals surface area contributed by atoms with Crippen LogP contribution in [0.1, 0.15) is 16.7 Å². The Morgan fingerprint density at radius 2 is 1.57 bits per heavy atom. The number of fused-ring (bicyclic) bond motifs is 2. The maximum Gasteiger partial charge on any atom is 0.181 e. The Labute approximate surface area is 136 Å². The van der Waals surface area contributed by atoms with Gasteiger partial charge in [-0.25, -0.2) is 4.98 Å². The number of ether oxygens (including phenoxy) is 1. The van der Waals surface area contributed by atoms with E-state index in [2.05, 4.69) is 48.9 Å². The number of nitrogens with zero attached hydrogens (tertiary/aromatic N) is 2. The molecule has 0 amide bonds. The first-order valence-corrected chi connectivity index (χ1v) is 7.75. The van der Waals surface area contributed by atoms with Gasteiger partial charge in [0.15, 0.2) is 17.3 Å². The Morgan fingerprint density at radius 1 is 0.870 bits per heavy atom. The standard InChI is InChI=1S/C20H18N2O/c1-13-11-14(2)19(15(3)12-13)22-16-7-4-5-8-17(16)23-18-9-6-10-21-20(18)22/h4-12H,1-3H3. The molecule has 2 aromatic carbocycles. The van der Waals surface area contributed by atoms with Gasteiger partial charge in [0.1, 0.15) is 0 Å². The van der Waals surface area contributed by atoms with Crippen LogP contribution in [-0.4, -0.2) is 4.98 Å². The number of aromatic nitrogens is 1. The van der Waals surface area contributed by atoms with Crippen LogP contribution in [-0.2, 0) is 0 Å². The molecular weight excluding hydrogens is 284 g/mol. The van der Waals surface area contributed by atoms with Crippen LogP contribution in [0, 0.1) is 20.8 Å². The van der Waals surface area contributed by atoms with Crippen molar-refractivity contribution in [3.05, 3.63) is 71.4 Å². The average molecular weight is 302 g/mol. The normalized spacial score (nSPS) is 12.4. The van der Waals surface area contributed by atoms with E-state index in [9.17, 15) is 0 Å². The zero-order chi connectivity index (χ0) is 16.0. The van der Waals surface area contributed by atoms with E-state index in [0.717, 1.165) is 23.0 Å². The summed E-state index contributed by atoms with van der Waals surface area (Å²) in [7, 11) is 0. The quantitative estimate of drug-likeness (QED) is 0.459. The van der Waals surface area contributed by atoms with Crippen molar-refractivity contribution >= 4 is 17.2 Å². The van der Waals surface area contributed by atoms with Gasteiger partial charge in [-0.1, -0.05) is 29.8 Å². The van der Waals surface area contributed by atoms with Gasteiger partial charge in [0.2, 0.25) is 0 Å². The molecule has 1 aromatic heterocycles. The molecule has 0 spiro atoms. The van der Waals surface area contributed by atoms with Crippen LogP contribution in [0.25, 0.3) is 0 Å². The molecule has 0 fully saturated rings. The summed E-state index contributed by atoms with van der Waals surface area (Å²) in [5, 5.41) is 0. The minimum Gasteiger partial charge on any atom is -0.451 e. The lowest BCUT2D eigenvalue weighted by atomic mass is 10.0. The first-order chi connectivity index (χ1) is 11.1. The number of anilines is 3. The van der Waals surface area contributed by atoms with Crippen LogP contribution in [0.4, 0.5) is 17.2 Å². The number of hydrogen-bond acceptors (Lipinski definition) is 3. The van der Waals surface area contributed by atoms with Crippen LogP contribution in [0.15, 0.2) is 54.7 Å². The Bertz CT molecular complexity index is 833. The van der Waals surface area contributed by atoms with E-state index in [0.29, 0.717) is 0 Å². The molecule has 1 aliphatic rings. The Hall–Kier alpha value is -2.81. The molecular formula is C20H18N2O. The summed E-state index contributed by atoms with van der Waals surface area (Å²) in [6, 6.07) is 16.4. The Morgan fingerprint density at radius 3 is 2.35 bits per heavy atom. The van der Waals surface area contributed by atoms with Gasteiger partial charge in [-0.3, -0.25) is 4.90 Å². The number of aryl methyl sites for hydroxylation is 3. The summed E-state index contributed by atoms with van der Waals surface area (Å²) < 4.78 is 6.03. The zero-order valence-corrected chi connectivity index (χ0v) is 13.5. The first-order valence-electron chi connectivity index (χ1n) is 7.75. The summed E-state index contributed by atoms with van der Waals surface area (Å²) >= 11 is 0. The molecule has 0 aliphatic carbocycles. The van der Waals surface area contributed by atoms with Crippen LogP contribution in [0.5, 0.6) is 11.5 Å². The summed E-state index contributed by atoms with van der Waals surface area (Å²) in [5.41, 5.74) is 5.93. The van der Waals surface area contributed by atoms with E-state index in [1.54, 1.807) is 0 Å². The molecule has 2 heterocycles. The molecule has 4 rings (SSSR count). The molecule has 3 aromatic rings. The molecule has 0 bridgehead atoms. The third-order valence-corrected chi connectivity index (χ3v) is 4.15.